The second-order valence-corrected chi connectivity index (χ2v) is 6.26. The van der Waals surface area contributed by atoms with E-state index in [1.165, 1.54) is 22.8 Å². The van der Waals surface area contributed by atoms with Crippen molar-refractivity contribution in [3.8, 4) is 0 Å². The fourth-order valence-electron chi connectivity index (χ4n) is 2.23. The van der Waals surface area contributed by atoms with Gasteiger partial charge in [-0.25, -0.2) is 4.98 Å². The van der Waals surface area contributed by atoms with Crippen LogP contribution in [0.25, 0.3) is 0 Å². The summed E-state index contributed by atoms with van der Waals surface area (Å²) in [7, 11) is 0. The number of hydrogen-bond acceptors (Lipinski definition) is 5. The summed E-state index contributed by atoms with van der Waals surface area (Å²) < 4.78 is 4.35. The van der Waals surface area contributed by atoms with Gasteiger partial charge in [-0.05, 0) is 17.7 Å². The van der Waals surface area contributed by atoms with Crippen LogP contribution in [0.2, 0.25) is 0 Å². The molecular formula is C16H20N4S. The summed E-state index contributed by atoms with van der Waals surface area (Å²) in [6, 6.07) is 8.71. The Kier molecular flexibility index (Phi) is 4.20. The van der Waals surface area contributed by atoms with E-state index in [-0.39, 0.29) is 0 Å². The average Bonchev–Trinajstić information content (AvgIpc) is 3.17. The molecule has 0 unspecified atom stereocenters. The normalized spacial score (nSPS) is 14.1. The summed E-state index contributed by atoms with van der Waals surface area (Å²) in [6.07, 6.45) is 4.41. The van der Waals surface area contributed by atoms with Crippen molar-refractivity contribution in [2.75, 3.05) is 23.3 Å². The summed E-state index contributed by atoms with van der Waals surface area (Å²) in [5.41, 5.74) is 2.54. The Morgan fingerprint density at radius 2 is 1.90 bits per heavy atom. The van der Waals surface area contributed by atoms with Crippen molar-refractivity contribution in [3.63, 3.8) is 0 Å². The fourth-order valence-corrected chi connectivity index (χ4v) is 2.94. The molecule has 110 valence electrons. The van der Waals surface area contributed by atoms with E-state index in [9.17, 15) is 0 Å². The van der Waals surface area contributed by atoms with Gasteiger partial charge in [0.15, 0.2) is 0 Å². The van der Waals surface area contributed by atoms with Gasteiger partial charge >= 0.3 is 0 Å². The molecule has 0 atom stereocenters. The first-order valence-electron chi connectivity index (χ1n) is 7.29. The predicted octanol–water partition coefficient (Wildman–Crippen LogP) is 3.65. The number of benzene rings is 1. The predicted molar refractivity (Wildman–Crippen MR) is 89.1 cm³/mol. The molecule has 1 aliphatic rings. The Morgan fingerprint density at radius 1 is 1.19 bits per heavy atom. The molecule has 2 heterocycles. The van der Waals surface area contributed by atoms with Gasteiger partial charge in [0.1, 0.15) is 5.82 Å². The molecule has 0 saturated carbocycles. The number of anilines is 2. The zero-order chi connectivity index (χ0) is 14.7. The van der Waals surface area contributed by atoms with E-state index in [4.69, 9.17) is 0 Å². The Morgan fingerprint density at radius 3 is 2.52 bits per heavy atom. The molecule has 21 heavy (non-hydrogen) atoms. The number of hydrogen-bond donors (Lipinski definition) is 1. The van der Waals surface area contributed by atoms with Crippen LogP contribution in [0.1, 0.15) is 31.2 Å². The highest BCUT2D eigenvalue weighted by atomic mass is 32.1. The van der Waals surface area contributed by atoms with Gasteiger partial charge in [0.2, 0.25) is 5.13 Å². The summed E-state index contributed by atoms with van der Waals surface area (Å²) in [6.45, 7) is 7.03. The highest BCUT2D eigenvalue weighted by molar-refractivity contribution is 7.09. The first kappa shape index (κ1) is 14.1. The number of aromatic nitrogens is 2. The van der Waals surface area contributed by atoms with Crippen molar-refractivity contribution in [1.82, 2.24) is 9.36 Å². The molecule has 1 aromatic heterocycles. The van der Waals surface area contributed by atoms with Crippen LogP contribution < -0.4 is 10.2 Å². The van der Waals surface area contributed by atoms with Gasteiger partial charge in [0, 0.05) is 42.8 Å². The molecule has 0 amide bonds. The van der Waals surface area contributed by atoms with Crippen molar-refractivity contribution >= 4 is 22.4 Å². The van der Waals surface area contributed by atoms with Crippen LogP contribution in [0, 0.1) is 0 Å². The minimum Gasteiger partial charge on any atom is -0.364 e. The molecule has 0 spiro atoms. The molecule has 1 aliphatic heterocycles. The zero-order valence-corrected chi connectivity index (χ0v) is 13.2. The quantitative estimate of drug-likeness (QED) is 0.856. The molecule has 3 rings (SSSR count). The maximum Gasteiger partial charge on any atom is 0.202 e. The largest absolute Gasteiger partial charge is 0.364 e. The van der Waals surface area contributed by atoms with Crippen molar-refractivity contribution in [2.45, 2.75) is 26.3 Å². The molecule has 0 fully saturated rings. The van der Waals surface area contributed by atoms with Gasteiger partial charge in [-0.1, -0.05) is 38.1 Å². The number of rotatable bonds is 5. The fraction of sp³-hybridized carbons (Fsp3) is 0.375. The maximum absolute atomic E-state index is 4.49. The molecule has 1 aromatic carbocycles. The van der Waals surface area contributed by atoms with Crippen molar-refractivity contribution in [3.05, 3.63) is 47.8 Å². The minimum atomic E-state index is 0.380. The van der Waals surface area contributed by atoms with Crippen LogP contribution in [0.3, 0.4) is 0 Å². The lowest BCUT2D eigenvalue weighted by molar-refractivity contribution is 0.799. The van der Waals surface area contributed by atoms with E-state index in [2.05, 4.69) is 69.8 Å². The van der Waals surface area contributed by atoms with Crippen LogP contribution >= 0.6 is 11.5 Å². The van der Waals surface area contributed by atoms with E-state index < -0.39 is 0 Å². The zero-order valence-electron chi connectivity index (χ0n) is 12.4. The van der Waals surface area contributed by atoms with Crippen LogP contribution in [-0.2, 0) is 6.54 Å². The van der Waals surface area contributed by atoms with E-state index in [0.717, 1.165) is 30.6 Å². The molecule has 0 aliphatic carbocycles. The van der Waals surface area contributed by atoms with Gasteiger partial charge < -0.3 is 10.2 Å². The first-order chi connectivity index (χ1) is 10.2. The molecule has 0 saturated heterocycles. The third-order valence-electron chi connectivity index (χ3n) is 3.52. The molecular weight excluding hydrogens is 280 g/mol. The minimum absolute atomic E-state index is 0.380. The third kappa shape index (κ3) is 3.42. The highest BCUT2D eigenvalue weighted by Crippen LogP contribution is 2.20. The average molecular weight is 300 g/mol. The van der Waals surface area contributed by atoms with Crippen LogP contribution in [0.5, 0.6) is 0 Å². The lowest BCUT2D eigenvalue weighted by atomic mass is 10.2. The summed E-state index contributed by atoms with van der Waals surface area (Å²) in [5, 5.41) is 4.24. The first-order valence-corrected chi connectivity index (χ1v) is 8.06. The van der Waals surface area contributed by atoms with Crippen molar-refractivity contribution in [1.29, 1.82) is 0 Å². The molecule has 4 nitrogen and oxygen atoms in total. The van der Waals surface area contributed by atoms with Crippen LogP contribution in [-0.4, -0.2) is 22.4 Å². The topological polar surface area (TPSA) is 41.1 Å². The summed E-state index contributed by atoms with van der Waals surface area (Å²) in [4.78, 5) is 6.83. The second-order valence-electron chi connectivity index (χ2n) is 5.51. The Balaban J connectivity index is 1.57. The number of nitrogens with one attached hydrogen (secondary N) is 1. The SMILES string of the molecule is CC(C)c1nsc(NCc2ccc(N3CC=CC3)cc2)n1. The molecule has 2 aromatic rings. The van der Waals surface area contributed by atoms with Crippen LogP contribution in [0.4, 0.5) is 10.8 Å². The Hall–Kier alpha value is -1.88. The molecule has 1 N–H and O–H groups in total. The maximum atomic E-state index is 4.49. The standard InChI is InChI=1S/C16H20N4S/c1-12(2)15-18-16(21-19-15)17-11-13-5-7-14(8-6-13)20-9-3-4-10-20/h3-8,12H,9-11H2,1-2H3,(H,17,18,19). The molecule has 5 heteroatoms. The summed E-state index contributed by atoms with van der Waals surface area (Å²) in [5.74, 6) is 1.30. The van der Waals surface area contributed by atoms with E-state index in [1.807, 2.05) is 0 Å². The van der Waals surface area contributed by atoms with Gasteiger partial charge in [0.05, 0.1) is 0 Å². The van der Waals surface area contributed by atoms with Crippen LogP contribution in [0.15, 0.2) is 36.4 Å². The van der Waals surface area contributed by atoms with Gasteiger partial charge in [0.25, 0.3) is 0 Å². The van der Waals surface area contributed by atoms with Gasteiger partial charge in [-0.3, -0.25) is 0 Å². The van der Waals surface area contributed by atoms with E-state index in [1.54, 1.807) is 0 Å². The third-order valence-corrected chi connectivity index (χ3v) is 4.21. The summed E-state index contributed by atoms with van der Waals surface area (Å²) >= 11 is 1.43. The van der Waals surface area contributed by atoms with Gasteiger partial charge in [-0.2, -0.15) is 4.37 Å². The van der Waals surface area contributed by atoms with E-state index >= 15 is 0 Å². The molecule has 0 bridgehead atoms. The smallest absolute Gasteiger partial charge is 0.202 e. The van der Waals surface area contributed by atoms with Crippen molar-refractivity contribution in [2.24, 2.45) is 0 Å². The lowest BCUT2D eigenvalue weighted by Crippen LogP contribution is -2.18. The Bertz CT molecular complexity index is 607. The monoisotopic (exact) mass is 300 g/mol. The van der Waals surface area contributed by atoms with Crippen molar-refractivity contribution < 1.29 is 0 Å². The lowest BCUT2D eigenvalue weighted by Gasteiger charge is -2.17. The Labute approximate surface area is 129 Å². The second kappa shape index (κ2) is 6.26. The number of nitrogens with zero attached hydrogens (tertiary/aromatic N) is 3. The molecule has 0 radical (unpaired) electrons. The van der Waals surface area contributed by atoms with E-state index in [0.29, 0.717) is 5.92 Å². The highest BCUT2D eigenvalue weighted by Gasteiger charge is 2.08. The van der Waals surface area contributed by atoms with Gasteiger partial charge in [-0.15, -0.1) is 0 Å².